The van der Waals surface area contributed by atoms with Crippen molar-refractivity contribution in [1.82, 2.24) is 19.7 Å². The van der Waals surface area contributed by atoms with Gasteiger partial charge >= 0.3 is 0 Å². The van der Waals surface area contributed by atoms with Gasteiger partial charge in [0.25, 0.3) is 0 Å². The fourth-order valence-corrected chi connectivity index (χ4v) is 3.22. The normalized spacial score (nSPS) is 18.7. The molecule has 0 aromatic carbocycles. The van der Waals surface area contributed by atoms with Crippen LogP contribution in [0.5, 0.6) is 0 Å². The summed E-state index contributed by atoms with van der Waals surface area (Å²) in [6, 6.07) is 0. The number of hydrogen-bond donors (Lipinski definition) is 1. The van der Waals surface area contributed by atoms with Gasteiger partial charge in [0.1, 0.15) is 5.82 Å². The Morgan fingerprint density at radius 2 is 2.06 bits per heavy atom. The minimum atomic E-state index is 0.268. The molecule has 5 heteroatoms. The number of nitrogens with one attached hydrogen (secondary N) is 1. The lowest BCUT2D eigenvalue weighted by atomic mass is 9.96. The zero-order valence-electron chi connectivity index (χ0n) is 11.7. The smallest absolute Gasteiger partial charge is 0.195 e. The molecule has 0 unspecified atom stereocenters. The zero-order chi connectivity index (χ0) is 13.2. The van der Waals surface area contributed by atoms with Gasteiger partial charge in [-0.2, -0.15) is 5.10 Å². The number of hydrogen-bond acceptors (Lipinski definition) is 3. The number of aromatic amines is 1. The largest absolute Gasteiger partial charge is 0.302 e. The van der Waals surface area contributed by atoms with Crippen molar-refractivity contribution < 1.29 is 0 Å². The topological polar surface area (TPSA) is 36.9 Å². The first-order valence-electron chi connectivity index (χ1n) is 6.90. The standard InChI is InChI=1S/C13H24N4S/c1-4-7-11-14-15-12(18)17(11)10-13(16(2)3)8-5-6-9-13/h4-10H2,1-3H3,(H,15,18). The summed E-state index contributed by atoms with van der Waals surface area (Å²) >= 11 is 5.38. The highest BCUT2D eigenvalue weighted by Gasteiger charge is 2.36. The average molecular weight is 268 g/mol. The van der Waals surface area contributed by atoms with Crippen LogP contribution in [0.2, 0.25) is 0 Å². The molecule has 0 spiro atoms. The van der Waals surface area contributed by atoms with E-state index < -0.39 is 0 Å². The number of nitrogens with zero attached hydrogens (tertiary/aromatic N) is 3. The van der Waals surface area contributed by atoms with E-state index in [1.807, 2.05) is 0 Å². The lowest BCUT2D eigenvalue weighted by Crippen LogP contribution is -2.45. The van der Waals surface area contributed by atoms with Crippen LogP contribution < -0.4 is 0 Å². The second kappa shape index (κ2) is 5.53. The molecule has 0 saturated heterocycles. The van der Waals surface area contributed by atoms with Gasteiger partial charge < -0.3 is 9.47 Å². The third-order valence-electron chi connectivity index (χ3n) is 4.25. The van der Waals surface area contributed by atoms with Crippen molar-refractivity contribution in [3.05, 3.63) is 10.6 Å². The Morgan fingerprint density at radius 1 is 1.39 bits per heavy atom. The van der Waals surface area contributed by atoms with Gasteiger partial charge in [-0.3, -0.25) is 5.10 Å². The lowest BCUT2D eigenvalue weighted by molar-refractivity contribution is 0.132. The Labute approximate surface area is 114 Å². The first kappa shape index (κ1) is 13.7. The van der Waals surface area contributed by atoms with Crippen molar-refractivity contribution in [3.8, 4) is 0 Å². The van der Waals surface area contributed by atoms with Crippen LogP contribution in [-0.4, -0.2) is 39.3 Å². The average Bonchev–Trinajstić information content (AvgIpc) is 2.92. The van der Waals surface area contributed by atoms with Crippen molar-refractivity contribution in [2.45, 2.75) is 57.5 Å². The molecule has 0 radical (unpaired) electrons. The van der Waals surface area contributed by atoms with E-state index in [1.54, 1.807) is 0 Å². The summed E-state index contributed by atoms with van der Waals surface area (Å²) in [7, 11) is 4.38. The molecule has 1 aliphatic rings. The molecule has 1 N–H and O–H groups in total. The Hall–Kier alpha value is -0.680. The molecule has 1 aliphatic carbocycles. The molecule has 1 aromatic rings. The van der Waals surface area contributed by atoms with Crippen LogP contribution in [0.4, 0.5) is 0 Å². The molecule has 1 aromatic heterocycles. The van der Waals surface area contributed by atoms with Gasteiger partial charge in [0, 0.05) is 18.5 Å². The van der Waals surface area contributed by atoms with Gasteiger partial charge in [-0.25, -0.2) is 0 Å². The molecule has 2 rings (SSSR count). The maximum absolute atomic E-state index is 5.38. The predicted molar refractivity (Wildman–Crippen MR) is 76.3 cm³/mol. The van der Waals surface area contributed by atoms with E-state index in [0.29, 0.717) is 0 Å². The van der Waals surface area contributed by atoms with Gasteiger partial charge in [-0.05, 0) is 45.6 Å². The van der Waals surface area contributed by atoms with Gasteiger partial charge in [0.05, 0.1) is 0 Å². The molecule has 1 fully saturated rings. The highest BCUT2D eigenvalue weighted by atomic mass is 32.1. The van der Waals surface area contributed by atoms with E-state index in [4.69, 9.17) is 12.2 Å². The molecule has 0 atom stereocenters. The van der Waals surface area contributed by atoms with E-state index in [1.165, 1.54) is 25.7 Å². The summed E-state index contributed by atoms with van der Waals surface area (Å²) in [6.07, 6.45) is 7.28. The number of aryl methyl sites for hydroxylation is 1. The fourth-order valence-electron chi connectivity index (χ4n) is 3.00. The van der Waals surface area contributed by atoms with Crippen LogP contribution in [0.1, 0.15) is 44.9 Å². The van der Waals surface area contributed by atoms with Crippen molar-refractivity contribution in [2.75, 3.05) is 14.1 Å². The summed E-state index contributed by atoms with van der Waals surface area (Å²) in [6.45, 7) is 3.16. The Bertz CT molecular complexity index is 440. The maximum atomic E-state index is 5.38. The molecule has 0 aliphatic heterocycles. The van der Waals surface area contributed by atoms with Gasteiger partial charge in [0.15, 0.2) is 4.77 Å². The van der Waals surface area contributed by atoms with E-state index in [-0.39, 0.29) is 5.54 Å². The van der Waals surface area contributed by atoms with Crippen molar-refractivity contribution >= 4 is 12.2 Å². The molecule has 102 valence electrons. The van der Waals surface area contributed by atoms with Crippen molar-refractivity contribution in [1.29, 1.82) is 0 Å². The SMILES string of the molecule is CCCc1n[nH]c(=S)n1CC1(N(C)C)CCCC1. The summed E-state index contributed by atoms with van der Waals surface area (Å²) in [5.41, 5.74) is 0.268. The fraction of sp³-hybridized carbons (Fsp3) is 0.846. The Kier molecular flexibility index (Phi) is 4.22. The summed E-state index contributed by atoms with van der Waals surface area (Å²) in [4.78, 5) is 2.38. The number of rotatable bonds is 5. The Morgan fingerprint density at radius 3 is 2.61 bits per heavy atom. The molecule has 4 nitrogen and oxygen atoms in total. The molecule has 1 saturated carbocycles. The second-order valence-electron chi connectivity index (χ2n) is 5.61. The minimum Gasteiger partial charge on any atom is -0.302 e. The van der Waals surface area contributed by atoms with E-state index in [0.717, 1.165) is 30.0 Å². The van der Waals surface area contributed by atoms with Crippen LogP contribution in [0.3, 0.4) is 0 Å². The number of likely N-dealkylation sites (N-methyl/N-ethyl adjacent to an activating group) is 1. The molecule has 0 amide bonds. The number of aromatic nitrogens is 3. The van der Waals surface area contributed by atoms with Crippen LogP contribution in [-0.2, 0) is 13.0 Å². The van der Waals surface area contributed by atoms with Gasteiger partial charge in [-0.1, -0.05) is 19.8 Å². The molecular formula is C13H24N4S. The Balaban J connectivity index is 2.26. The molecule has 0 bridgehead atoms. The number of H-pyrrole nitrogens is 1. The van der Waals surface area contributed by atoms with Crippen molar-refractivity contribution in [2.24, 2.45) is 0 Å². The molecule has 1 heterocycles. The first-order valence-corrected chi connectivity index (χ1v) is 7.31. The van der Waals surface area contributed by atoms with E-state index >= 15 is 0 Å². The minimum absolute atomic E-state index is 0.268. The van der Waals surface area contributed by atoms with E-state index in [2.05, 4.69) is 40.7 Å². The van der Waals surface area contributed by atoms with Gasteiger partial charge in [-0.15, -0.1) is 0 Å². The quantitative estimate of drug-likeness (QED) is 0.834. The highest BCUT2D eigenvalue weighted by Crippen LogP contribution is 2.35. The highest BCUT2D eigenvalue weighted by molar-refractivity contribution is 7.71. The zero-order valence-corrected chi connectivity index (χ0v) is 12.5. The third-order valence-corrected chi connectivity index (χ3v) is 4.56. The molecule has 18 heavy (non-hydrogen) atoms. The van der Waals surface area contributed by atoms with Crippen LogP contribution in [0, 0.1) is 4.77 Å². The lowest BCUT2D eigenvalue weighted by Gasteiger charge is -2.36. The summed E-state index contributed by atoms with van der Waals surface area (Å²) in [5.74, 6) is 1.11. The predicted octanol–water partition coefficient (Wildman–Crippen LogP) is 2.77. The second-order valence-corrected chi connectivity index (χ2v) is 5.99. The third kappa shape index (κ3) is 2.52. The first-order chi connectivity index (χ1) is 8.59. The van der Waals surface area contributed by atoms with Gasteiger partial charge in [0.2, 0.25) is 0 Å². The summed E-state index contributed by atoms with van der Waals surface area (Å²) in [5, 5.41) is 7.31. The van der Waals surface area contributed by atoms with Crippen LogP contribution in [0.15, 0.2) is 0 Å². The van der Waals surface area contributed by atoms with E-state index in [9.17, 15) is 0 Å². The van der Waals surface area contributed by atoms with Crippen LogP contribution in [0.25, 0.3) is 0 Å². The summed E-state index contributed by atoms with van der Waals surface area (Å²) < 4.78 is 2.98. The maximum Gasteiger partial charge on any atom is 0.195 e. The monoisotopic (exact) mass is 268 g/mol. The van der Waals surface area contributed by atoms with Crippen LogP contribution >= 0.6 is 12.2 Å². The molecular weight excluding hydrogens is 244 g/mol. The van der Waals surface area contributed by atoms with Crippen molar-refractivity contribution in [3.63, 3.8) is 0 Å².